The van der Waals surface area contributed by atoms with Crippen LogP contribution in [0.15, 0.2) is 30.5 Å². The molecule has 0 saturated heterocycles. The number of amides is 1. The number of rotatable bonds is 9. The number of fused-ring (bicyclic) bond motifs is 1. The van der Waals surface area contributed by atoms with Crippen molar-refractivity contribution in [3.63, 3.8) is 0 Å². The normalized spacial score (nSPS) is 20.0. The Hall–Kier alpha value is -2.88. The van der Waals surface area contributed by atoms with Gasteiger partial charge in [0.15, 0.2) is 0 Å². The Kier molecular flexibility index (Phi) is 7.55. The summed E-state index contributed by atoms with van der Waals surface area (Å²) in [5.41, 5.74) is 2.17. The highest BCUT2D eigenvalue weighted by Crippen LogP contribution is 2.39. The molecule has 0 radical (unpaired) electrons. The van der Waals surface area contributed by atoms with Gasteiger partial charge in [-0.3, -0.25) is 4.79 Å². The van der Waals surface area contributed by atoms with Gasteiger partial charge < -0.3 is 20.3 Å². The molecule has 1 aromatic carbocycles. The highest BCUT2D eigenvalue weighted by Gasteiger charge is 2.27. The monoisotopic (exact) mass is 487 g/mol. The van der Waals surface area contributed by atoms with E-state index >= 15 is 0 Å². The van der Waals surface area contributed by atoms with Gasteiger partial charge in [-0.2, -0.15) is 4.98 Å². The summed E-state index contributed by atoms with van der Waals surface area (Å²) in [6, 6.07) is 8.11. The Morgan fingerprint density at radius 3 is 2.74 bits per heavy atom. The number of nitrogens with zero attached hydrogens (tertiary/aromatic N) is 3. The molecule has 1 aliphatic heterocycles. The van der Waals surface area contributed by atoms with Crippen LogP contribution in [0.4, 0.5) is 17.5 Å². The van der Waals surface area contributed by atoms with Crippen molar-refractivity contribution >= 4 is 33.2 Å². The van der Waals surface area contributed by atoms with E-state index in [4.69, 9.17) is 9.72 Å². The lowest BCUT2D eigenvalue weighted by Gasteiger charge is -2.28. The molecule has 184 valence electrons. The minimum absolute atomic E-state index is 0.0965. The Morgan fingerprint density at radius 2 is 2.00 bits per heavy atom. The quantitative estimate of drug-likeness (QED) is 0.519. The highest BCUT2D eigenvalue weighted by molar-refractivity contribution is 7.90. The summed E-state index contributed by atoms with van der Waals surface area (Å²) < 4.78 is 28.6. The van der Waals surface area contributed by atoms with Gasteiger partial charge in [0.05, 0.1) is 12.4 Å². The maximum absolute atomic E-state index is 11.9. The van der Waals surface area contributed by atoms with Crippen LogP contribution < -0.4 is 20.3 Å². The summed E-state index contributed by atoms with van der Waals surface area (Å²) in [6.45, 7) is 1.15. The molecule has 1 fully saturated rings. The second-order valence-corrected chi connectivity index (χ2v) is 11.3. The number of carbonyl (C=O) groups is 1. The van der Waals surface area contributed by atoms with Crippen LogP contribution in [-0.2, 0) is 21.1 Å². The molecule has 1 aromatic heterocycles. The van der Waals surface area contributed by atoms with Gasteiger partial charge in [-0.25, -0.2) is 13.4 Å². The van der Waals surface area contributed by atoms with Crippen LogP contribution in [0.5, 0.6) is 5.75 Å². The molecule has 0 atom stereocenters. The SMILES string of the molecule is CNC(=O)[C@H]1CC[C@H](Nc2nccc(N3CCc4c(OCCCS(C)(=O)=O)cccc43)n2)CC1. The van der Waals surface area contributed by atoms with E-state index in [0.717, 1.165) is 61.5 Å². The molecule has 9 nitrogen and oxygen atoms in total. The van der Waals surface area contributed by atoms with E-state index in [1.165, 1.54) is 6.26 Å². The number of anilines is 3. The predicted octanol–water partition coefficient (Wildman–Crippen LogP) is 2.70. The van der Waals surface area contributed by atoms with E-state index < -0.39 is 9.84 Å². The molecule has 2 aliphatic rings. The lowest BCUT2D eigenvalue weighted by Crippen LogP contribution is -2.34. The number of hydrogen-bond donors (Lipinski definition) is 2. The largest absolute Gasteiger partial charge is 0.493 e. The molecule has 4 rings (SSSR count). The third kappa shape index (κ3) is 5.97. The zero-order valence-corrected chi connectivity index (χ0v) is 20.6. The number of benzene rings is 1. The molecule has 1 amide bonds. The summed E-state index contributed by atoms with van der Waals surface area (Å²) in [4.78, 5) is 23.2. The van der Waals surface area contributed by atoms with Crippen molar-refractivity contribution in [2.75, 3.05) is 42.4 Å². The van der Waals surface area contributed by atoms with E-state index in [9.17, 15) is 13.2 Å². The minimum Gasteiger partial charge on any atom is -0.493 e. The van der Waals surface area contributed by atoms with Gasteiger partial charge in [0.2, 0.25) is 11.9 Å². The second-order valence-electron chi connectivity index (χ2n) is 9.03. The van der Waals surface area contributed by atoms with Crippen LogP contribution in [0.1, 0.15) is 37.7 Å². The van der Waals surface area contributed by atoms with Gasteiger partial charge >= 0.3 is 0 Å². The Bertz CT molecular complexity index is 1120. The maximum atomic E-state index is 11.9. The standard InChI is InChI=1S/C24H33N5O4S/c1-25-23(30)17-7-9-18(10-8-17)27-24-26-13-11-22(28-24)29-14-12-19-20(29)5-3-6-21(19)33-15-4-16-34(2,31)32/h3,5-6,11,13,17-18H,4,7-10,12,14-16H2,1-2H3,(H,25,30)(H,26,27,28)/t17-,18-. The van der Waals surface area contributed by atoms with Crippen LogP contribution in [0.3, 0.4) is 0 Å². The third-order valence-corrected chi connectivity index (χ3v) is 7.53. The first-order valence-electron chi connectivity index (χ1n) is 11.8. The van der Waals surface area contributed by atoms with Crippen molar-refractivity contribution in [3.8, 4) is 5.75 Å². The molecule has 1 aliphatic carbocycles. The van der Waals surface area contributed by atoms with Crippen molar-refractivity contribution in [3.05, 3.63) is 36.0 Å². The molecular weight excluding hydrogens is 454 g/mol. The lowest BCUT2D eigenvalue weighted by molar-refractivity contribution is -0.125. The number of sulfone groups is 1. The zero-order chi connectivity index (χ0) is 24.1. The van der Waals surface area contributed by atoms with Crippen molar-refractivity contribution in [1.29, 1.82) is 0 Å². The fraction of sp³-hybridized carbons (Fsp3) is 0.542. The van der Waals surface area contributed by atoms with E-state index in [0.29, 0.717) is 19.0 Å². The lowest BCUT2D eigenvalue weighted by atomic mass is 9.85. The first kappa shape index (κ1) is 24.3. The summed E-state index contributed by atoms with van der Waals surface area (Å²) >= 11 is 0. The Balaban J connectivity index is 1.39. The number of hydrogen-bond acceptors (Lipinski definition) is 8. The van der Waals surface area contributed by atoms with Gasteiger partial charge in [0.25, 0.3) is 0 Å². The third-order valence-electron chi connectivity index (χ3n) is 6.50. The first-order chi connectivity index (χ1) is 16.3. The van der Waals surface area contributed by atoms with Gasteiger partial charge in [0.1, 0.15) is 21.4 Å². The predicted molar refractivity (Wildman–Crippen MR) is 132 cm³/mol. The maximum Gasteiger partial charge on any atom is 0.224 e. The van der Waals surface area contributed by atoms with Crippen molar-refractivity contribution in [2.24, 2.45) is 5.92 Å². The van der Waals surface area contributed by atoms with Crippen molar-refractivity contribution in [2.45, 2.75) is 44.6 Å². The topological polar surface area (TPSA) is 114 Å². The van der Waals surface area contributed by atoms with Crippen LogP contribution in [0, 0.1) is 5.92 Å². The molecule has 34 heavy (non-hydrogen) atoms. The van der Waals surface area contributed by atoms with Crippen LogP contribution in [0.25, 0.3) is 0 Å². The molecule has 0 bridgehead atoms. The highest BCUT2D eigenvalue weighted by atomic mass is 32.2. The van der Waals surface area contributed by atoms with Gasteiger partial charge in [-0.15, -0.1) is 0 Å². The summed E-state index contributed by atoms with van der Waals surface area (Å²) in [5.74, 6) is 2.57. The average Bonchev–Trinajstić information content (AvgIpc) is 3.26. The summed E-state index contributed by atoms with van der Waals surface area (Å²) in [7, 11) is -1.29. The van der Waals surface area contributed by atoms with E-state index in [-0.39, 0.29) is 23.6 Å². The molecule has 2 heterocycles. The van der Waals surface area contributed by atoms with E-state index in [1.54, 1.807) is 13.2 Å². The van der Waals surface area contributed by atoms with Crippen molar-refractivity contribution < 1.29 is 17.9 Å². The van der Waals surface area contributed by atoms with Gasteiger partial charge in [-0.1, -0.05) is 6.07 Å². The fourth-order valence-corrected chi connectivity index (χ4v) is 5.38. The molecule has 2 aromatic rings. The van der Waals surface area contributed by atoms with Crippen LogP contribution >= 0.6 is 0 Å². The fourth-order valence-electron chi connectivity index (χ4n) is 4.73. The summed E-state index contributed by atoms with van der Waals surface area (Å²) in [5, 5.41) is 6.20. The number of aromatic nitrogens is 2. The smallest absolute Gasteiger partial charge is 0.224 e. The van der Waals surface area contributed by atoms with Crippen molar-refractivity contribution in [1.82, 2.24) is 15.3 Å². The number of ether oxygens (including phenoxy) is 1. The number of carbonyl (C=O) groups excluding carboxylic acids is 1. The number of nitrogens with one attached hydrogen (secondary N) is 2. The van der Waals surface area contributed by atoms with E-state index in [1.807, 2.05) is 18.2 Å². The molecule has 0 unspecified atom stereocenters. The van der Waals surface area contributed by atoms with E-state index in [2.05, 4.69) is 26.6 Å². The van der Waals surface area contributed by atoms with Crippen LogP contribution in [-0.4, -0.2) is 62.5 Å². The zero-order valence-electron chi connectivity index (χ0n) is 19.8. The minimum atomic E-state index is -2.98. The average molecular weight is 488 g/mol. The molecule has 1 saturated carbocycles. The molecule has 0 spiro atoms. The Morgan fingerprint density at radius 1 is 1.21 bits per heavy atom. The first-order valence-corrected chi connectivity index (χ1v) is 13.9. The second kappa shape index (κ2) is 10.6. The molecule has 10 heteroatoms. The summed E-state index contributed by atoms with van der Waals surface area (Å²) in [6.07, 6.45) is 7.87. The molecular formula is C24H33N5O4S. The van der Waals surface area contributed by atoms with Gasteiger partial charge in [-0.05, 0) is 56.7 Å². The Labute approximate surface area is 201 Å². The molecule has 2 N–H and O–H groups in total. The van der Waals surface area contributed by atoms with Crippen LogP contribution in [0.2, 0.25) is 0 Å². The van der Waals surface area contributed by atoms with Gasteiger partial charge in [0, 0.05) is 49.3 Å².